The van der Waals surface area contributed by atoms with Gasteiger partial charge in [-0.1, -0.05) is 44.2 Å². The Kier molecular flexibility index (Phi) is 7.86. The van der Waals surface area contributed by atoms with Crippen LogP contribution in [0.5, 0.6) is 5.75 Å². The average molecular weight is 413 g/mol. The number of halogens is 1. The first kappa shape index (κ1) is 22.3. The molecule has 1 atom stereocenters. The number of carbonyl (C=O) groups is 1. The number of carbonyl (C=O) groups excluding carboxylic acids is 1. The van der Waals surface area contributed by atoms with Gasteiger partial charge in [-0.25, -0.2) is 4.39 Å². The average Bonchev–Trinajstić information content (AvgIpc) is 2.75. The third-order valence-electron chi connectivity index (χ3n) is 5.85. The maximum absolute atomic E-state index is 13.9. The Hall–Kier alpha value is -2.40. The molecule has 1 amide bonds. The standard InChI is InChI=1S/C25H33FN2O2/c1-18(2)16-24(19-8-10-22(30-3)11-9-19)27-25(29)20-12-14-28(15-13-20)17-21-6-4-5-7-23(21)26/h4-11,18,20,24H,12-17H2,1-3H3,(H,27,29)/t24-/m0/s1. The molecular weight excluding hydrogens is 379 g/mol. The summed E-state index contributed by atoms with van der Waals surface area (Å²) in [6, 6.07) is 14.9. The Morgan fingerprint density at radius 2 is 1.80 bits per heavy atom. The molecule has 1 aliphatic heterocycles. The minimum absolute atomic E-state index is 0.000139. The largest absolute Gasteiger partial charge is 0.497 e. The summed E-state index contributed by atoms with van der Waals surface area (Å²) in [5.74, 6) is 1.26. The van der Waals surface area contributed by atoms with E-state index in [1.165, 1.54) is 6.07 Å². The minimum atomic E-state index is -0.159. The van der Waals surface area contributed by atoms with Crippen LogP contribution in [0.3, 0.4) is 0 Å². The summed E-state index contributed by atoms with van der Waals surface area (Å²) in [4.78, 5) is 15.2. The van der Waals surface area contributed by atoms with E-state index in [4.69, 9.17) is 4.74 Å². The van der Waals surface area contributed by atoms with Gasteiger partial charge < -0.3 is 10.1 Å². The van der Waals surface area contributed by atoms with Crippen LogP contribution in [0, 0.1) is 17.7 Å². The first-order valence-corrected chi connectivity index (χ1v) is 10.9. The number of benzene rings is 2. The molecule has 1 aliphatic rings. The van der Waals surface area contributed by atoms with Crippen LogP contribution in [0.1, 0.15) is 50.3 Å². The zero-order valence-corrected chi connectivity index (χ0v) is 18.2. The Labute approximate surface area is 179 Å². The topological polar surface area (TPSA) is 41.6 Å². The number of methoxy groups -OCH3 is 1. The van der Waals surface area contributed by atoms with Gasteiger partial charge in [0, 0.05) is 18.0 Å². The van der Waals surface area contributed by atoms with Crippen LogP contribution in [-0.2, 0) is 11.3 Å². The first-order chi connectivity index (χ1) is 14.5. The van der Waals surface area contributed by atoms with Crippen molar-refractivity contribution in [3.63, 3.8) is 0 Å². The lowest BCUT2D eigenvalue weighted by atomic mass is 9.92. The van der Waals surface area contributed by atoms with Crippen molar-refractivity contribution >= 4 is 5.91 Å². The van der Waals surface area contributed by atoms with Crippen molar-refractivity contribution in [3.05, 3.63) is 65.5 Å². The summed E-state index contributed by atoms with van der Waals surface area (Å²) in [5, 5.41) is 3.29. The van der Waals surface area contributed by atoms with Crippen LogP contribution in [0.4, 0.5) is 4.39 Å². The lowest BCUT2D eigenvalue weighted by molar-refractivity contribution is -0.127. The van der Waals surface area contributed by atoms with Gasteiger partial charge in [0.05, 0.1) is 13.2 Å². The fourth-order valence-electron chi connectivity index (χ4n) is 4.10. The van der Waals surface area contributed by atoms with Gasteiger partial charge in [-0.15, -0.1) is 0 Å². The lowest BCUT2D eigenvalue weighted by Crippen LogP contribution is -2.41. The number of nitrogens with zero attached hydrogens (tertiary/aromatic N) is 1. The van der Waals surface area contributed by atoms with Crippen LogP contribution in [0.2, 0.25) is 0 Å². The molecule has 162 valence electrons. The van der Waals surface area contributed by atoms with E-state index >= 15 is 0 Å². The normalized spacial score (nSPS) is 16.4. The van der Waals surface area contributed by atoms with E-state index in [0.717, 1.165) is 49.2 Å². The molecule has 0 unspecified atom stereocenters. The maximum Gasteiger partial charge on any atom is 0.223 e. The highest BCUT2D eigenvalue weighted by Crippen LogP contribution is 2.26. The van der Waals surface area contributed by atoms with Gasteiger partial charge in [0.15, 0.2) is 0 Å². The van der Waals surface area contributed by atoms with Gasteiger partial charge in [0.2, 0.25) is 5.91 Å². The van der Waals surface area contributed by atoms with Crippen molar-refractivity contribution in [2.75, 3.05) is 20.2 Å². The molecule has 0 aliphatic carbocycles. The van der Waals surface area contributed by atoms with E-state index in [-0.39, 0.29) is 23.7 Å². The van der Waals surface area contributed by atoms with Crippen LogP contribution in [-0.4, -0.2) is 31.0 Å². The van der Waals surface area contributed by atoms with E-state index in [0.29, 0.717) is 12.5 Å². The molecule has 0 spiro atoms. The Bertz CT molecular complexity index is 814. The van der Waals surface area contributed by atoms with Gasteiger partial charge in [-0.3, -0.25) is 9.69 Å². The summed E-state index contributed by atoms with van der Waals surface area (Å²) in [6.07, 6.45) is 2.50. The molecule has 1 fully saturated rings. The summed E-state index contributed by atoms with van der Waals surface area (Å²) in [6.45, 7) is 6.56. The van der Waals surface area contributed by atoms with Gasteiger partial charge >= 0.3 is 0 Å². The highest BCUT2D eigenvalue weighted by Gasteiger charge is 2.27. The second-order valence-corrected chi connectivity index (χ2v) is 8.61. The van der Waals surface area contributed by atoms with E-state index in [9.17, 15) is 9.18 Å². The lowest BCUT2D eigenvalue weighted by Gasteiger charge is -2.32. The van der Waals surface area contributed by atoms with Crippen LogP contribution in [0.15, 0.2) is 48.5 Å². The number of piperidine rings is 1. The molecule has 0 aromatic heterocycles. The van der Waals surface area contributed by atoms with Crippen molar-refractivity contribution in [2.24, 2.45) is 11.8 Å². The van der Waals surface area contributed by atoms with Crippen molar-refractivity contribution in [3.8, 4) is 5.75 Å². The molecule has 1 N–H and O–H groups in total. The second kappa shape index (κ2) is 10.6. The maximum atomic E-state index is 13.9. The number of nitrogens with one attached hydrogen (secondary N) is 1. The number of hydrogen-bond donors (Lipinski definition) is 1. The fraction of sp³-hybridized carbons (Fsp3) is 0.480. The third kappa shape index (κ3) is 6.05. The predicted molar refractivity (Wildman–Crippen MR) is 118 cm³/mol. The van der Waals surface area contributed by atoms with E-state index < -0.39 is 0 Å². The summed E-state index contributed by atoms with van der Waals surface area (Å²) in [7, 11) is 1.65. The zero-order chi connectivity index (χ0) is 21.5. The minimum Gasteiger partial charge on any atom is -0.497 e. The van der Waals surface area contributed by atoms with Crippen molar-refractivity contribution in [1.82, 2.24) is 10.2 Å². The molecule has 4 nitrogen and oxygen atoms in total. The molecular formula is C25H33FN2O2. The molecule has 3 rings (SSSR count). The molecule has 0 saturated carbocycles. The molecule has 0 bridgehead atoms. The number of rotatable bonds is 8. The van der Waals surface area contributed by atoms with Crippen LogP contribution >= 0.6 is 0 Å². The first-order valence-electron chi connectivity index (χ1n) is 10.9. The van der Waals surface area contributed by atoms with E-state index in [1.54, 1.807) is 13.2 Å². The van der Waals surface area contributed by atoms with Crippen LogP contribution < -0.4 is 10.1 Å². The number of ether oxygens (including phenoxy) is 1. The summed E-state index contributed by atoms with van der Waals surface area (Å²) in [5.41, 5.74) is 1.83. The summed E-state index contributed by atoms with van der Waals surface area (Å²) < 4.78 is 19.2. The predicted octanol–water partition coefficient (Wildman–Crippen LogP) is 4.95. The van der Waals surface area contributed by atoms with Gasteiger partial charge in [0.25, 0.3) is 0 Å². The number of likely N-dealkylation sites (tertiary alicyclic amines) is 1. The Morgan fingerprint density at radius 3 is 2.40 bits per heavy atom. The second-order valence-electron chi connectivity index (χ2n) is 8.61. The molecule has 0 radical (unpaired) electrons. The highest BCUT2D eigenvalue weighted by atomic mass is 19.1. The molecule has 5 heteroatoms. The van der Waals surface area contributed by atoms with Gasteiger partial charge in [-0.05, 0) is 62.0 Å². The van der Waals surface area contributed by atoms with Crippen molar-refractivity contribution < 1.29 is 13.9 Å². The van der Waals surface area contributed by atoms with Gasteiger partial charge in [0.1, 0.15) is 11.6 Å². The van der Waals surface area contributed by atoms with Crippen molar-refractivity contribution in [1.29, 1.82) is 0 Å². The molecule has 2 aromatic carbocycles. The van der Waals surface area contributed by atoms with Crippen molar-refractivity contribution in [2.45, 2.75) is 45.7 Å². The van der Waals surface area contributed by atoms with E-state index in [2.05, 4.69) is 24.1 Å². The Morgan fingerprint density at radius 1 is 1.13 bits per heavy atom. The quantitative estimate of drug-likeness (QED) is 0.667. The fourth-order valence-corrected chi connectivity index (χ4v) is 4.10. The highest BCUT2D eigenvalue weighted by molar-refractivity contribution is 5.79. The number of amides is 1. The smallest absolute Gasteiger partial charge is 0.223 e. The zero-order valence-electron chi connectivity index (χ0n) is 18.2. The molecule has 1 heterocycles. The van der Waals surface area contributed by atoms with E-state index in [1.807, 2.05) is 36.4 Å². The third-order valence-corrected chi connectivity index (χ3v) is 5.85. The molecule has 1 saturated heterocycles. The van der Waals surface area contributed by atoms with Crippen LogP contribution in [0.25, 0.3) is 0 Å². The van der Waals surface area contributed by atoms with Gasteiger partial charge in [-0.2, -0.15) is 0 Å². The summed E-state index contributed by atoms with van der Waals surface area (Å²) >= 11 is 0. The molecule has 30 heavy (non-hydrogen) atoms. The monoisotopic (exact) mass is 412 g/mol. The molecule has 2 aromatic rings. The number of hydrogen-bond acceptors (Lipinski definition) is 3. The Balaban J connectivity index is 1.56. The SMILES string of the molecule is COc1ccc([C@H](CC(C)C)NC(=O)C2CCN(Cc3ccccc3F)CC2)cc1.